The van der Waals surface area contributed by atoms with Crippen LogP contribution in [-0.2, 0) is 4.74 Å². The summed E-state index contributed by atoms with van der Waals surface area (Å²) in [6, 6.07) is 6.14. The molecule has 0 fully saturated rings. The summed E-state index contributed by atoms with van der Waals surface area (Å²) in [4.78, 5) is 15.9. The lowest BCUT2D eigenvalue weighted by atomic mass is 10.1. The molecule has 106 valence electrons. The van der Waals surface area contributed by atoms with E-state index in [1.807, 2.05) is 6.92 Å². The molecule has 0 saturated carbocycles. The number of hydrogen-bond acceptors (Lipinski definition) is 3. The zero-order valence-electron chi connectivity index (χ0n) is 11.7. The van der Waals surface area contributed by atoms with Crippen LogP contribution in [0.25, 0.3) is 0 Å². The van der Waals surface area contributed by atoms with Gasteiger partial charge in [-0.15, -0.1) is 0 Å². The normalized spacial score (nSPS) is 12.4. The summed E-state index contributed by atoms with van der Waals surface area (Å²) in [6.07, 6.45) is 2.73. The van der Waals surface area contributed by atoms with Gasteiger partial charge in [-0.2, -0.15) is 0 Å². The molecule has 1 atom stereocenters. The summed E-state index contributed by atoms with van der Waals surface area (Å²) in [5.74, 6) is -0.766. The highest BCUT2D eigenvalue weighted by molar-refractivity contribution is 5.87. The average molecular weight is 276 g/mol. The first-order chi connectivity index (χ1) is 9.50. The van der Waals surface area contributed by atoms with Crippen molar-refractivity contribution in [3.05, 3.63) is 53.9 Å². The number of hydrogen-bond donors (Lipinski definition) is 0. The fraction of sp³-hybridized carbons (Fsp3) is 0.333. The molecular formula is C15H17FN2O2. The van der Waals surface area contributed by atoms with Gasteiger partial charge in [0.15, 0.2) is 0 Å². The van der Waals surface area contributed by atoms with Crippen LogP contribution < -0.4 is 0 Å². The van der Waals surface area contributed by atoms with Gasteiger partial charge in [-0.3, -0.25) is 0 Å². The first kappa shape index (κ1) is 14.2. The van der Waals surface area contributed by atoms with Crippen LogP contribution >= 0.6 is 0 Å². The molecule has 2 rings (SSSR count). The molecule has 20 heavy (non-hydrogen) atoms. The Morgan fingerprint density at radius 2 is 2.00 bits per heavy atom. The molecular weight excluding hydrogens is 259 g/mol. The van der Waals surface area contributed by atoms with E-state index >= 15 is 0 Å². The number of carbonyl (C=O) groups excluding carboxylic acids is 1. The largest absolute Gasteiger partial charge is 0.458 e. The number of ether oxygens (including phenoxy) is 1. The molecule has 0 amide bonds. The van der Waals surface area contributed by atoms with E-state index in [1.54, 1.807) is 36.6 Å². The Balaban J connectivity index is 2.33. The van der Waals surface area contributed by atoms with Crippen molar-refractivity contribution in [2.24, 2.45) is 0 Å². The van der Waals surface area contributed by atoms with Crippen molar-refractivity contribution in [1.82, 2.24) is 9.55 Å². The minimum Gasteiger partial charge on any atom is -0.458 e. The van der Waals surface area contributed by atoms with Crippen molar-refractivity contribution in [3.63, 3.8) is 0 Å². The van der Waals surface area contributed by atoms with Crippen LogP contribution in [0.15, 0.2) is 36.8 Å². The highest BCUT2D eigenvalue weighted by Gasteiger charge is 2.20. The Bertz CT molecular complexity index is 607. The number of rotatable bonds is 4. The zero-order chi connectivity index (χ0) is 14.7. The summed E-state index contributed by atoms with van der Waals surface area (Å²) in [5.41, 5.74) is 0.818. The third kappa shape index (κ3) is 2.87. The minimum atomic E-state index is -0.458. The van der Waals surface area contributed by atoms with E-state index in [1.165, 1.54) is 18.6 Å². The number of esters is 1. The summed E-state index contributed by atoms with van der Waals surface area (Å²) in [6.45, 7) is 5.37. The minimum absolute atomic E-state index is 0.213. The van der Waals surface area contributed by atoms with Gasteiger partial charge in [0.1, 0.15) is 11.5 Å². The second-order valence-corrected chi connectivity index (χ2v) is 4.84. The van der Waals surface area contributed by atoms with Crippen molar-refractivity contribution in [2.75, 3.05) is 0 Å². The summed E-state index contributed by atoms with van der Waals surface area (Å²) >= 11 is 0. The molecule has 0 aliphatic heterocycles. The molecule has 1 aromatic carbocycles. The SMILES string of the molecule is CC(C)OC(=O)c1cncn1[C@H](C)c1ccccc1F. The smallest absolute Gasteiger partial charge is 0.356 e. The Kier molecular flexibility index (Phi) is 4.17. The molecule has 0 aliphatic carbocycles. The Morgan fingerprint density at radius 3 is 2.65 bits per heavy atom. The lowest BCUT2D eigenvalue weighted by Crippen LogP contribution is -2.18. The Labute approximate surface area is 117 Å². The molecule has 5 heteroatoms. The van der Waals surface area contributed by atoms with Gasteiger partial charge in [0.05, 0.1) is 24.7 Å². The lowest BCUT2D eigenvalue weighted by Gasteiger charge is -2.17. The predicted molar refractivity (Wildman–Crippen MR) is 73.0 cm³/mol. The van der Waals surface area contributed by atoms with E-state index in [2.05, 4.69) is 4.98 Å². The van der Waals surface area contributed by atoms with Crippen molar-refractivity contribution < 1.29 is 13.9 Å². The first-order valence-electron chi connectivity index (χ1n) is 6.48. The number of nitrogens with zero attached hydrogens (tertiary/aromatic N) is 2. The fourth-order valence-electron chi connectivity index (χ4n) is 2.01. The van der Waals surface area contributed by atoms with E-state index in [4.69, 9.17) is 4.74 Å². The number of halogens is 1. The van der Waals surface area contributed by atoms with Gasteiger partial charge < -0.3 is 9.30 Å². The maximum absolute atomic E-state index is 13.8. The van der Waals surface area contributed by atoms with Gasteiger partial charge in [0.25, 0.3) is 0 Å². The van der Waals surface area contributed by atoms with Crippen LogP contribution in [0.3, 0.4) is 0 Å². The highest BCUT2D eigenvalue weighted by Crippen LogP contribution is 2.22. The van der Waals surface area contributed by atoms with Crippen LogP contribution in [0.1, 0.15) is 42.9 Å². The van der Waals surface area contributed by atoms with Crippen LogP contribution in [-0.4, -0.2) is 21.6 Å². The average Bonchev–Trinajstić information content (AvgIpc) is 2.87. The van der Waals surface area contributed by atoms with Gasteiger partial charge in [-0.1, -0.05) is 18.2 Å². The summed E-state index contributed by atoms with van der Waals surface area (Å²) in [7, 11) is 0. The third-order valence-electron chi connectivity index (χ3n) is 2.99. The van der Waals surface area contributed by atoms with Gasteiger partial charge in [0.2, 0.25) is 0 Å². The van der Waals surface area contributed by atoms with Crippen molar-refractivity contribution in [1.29, 1.82) is 0 Å². The van der Waals surface area contributed by atoms with Gasteiger partial charge in [0, 0.05) is 5.56 Å². The summed E-state index contributed by atoms with van der Waals surface area (Å²) in [5, 5.41) is 0. The second kappa shape index (κ2) is 5.86. The van der Waals surface area contributed by atoms with Crippen LogP contribution in [0.5, 0.6) is 0 Å². The van der Waals surface area contributed by atoms with E-state index < -0.39 is 5.97 Å². The van der Waals surface area contributed by atoms with Crippen molar-refractivity contribution in [3.8, 4) is 0 Å². The molecule has 0 aliphatic rings. The zero-order valence-corrected chi connectivity index (χ0v) is 11.7. The second-order valence-electron chi connectivity index (χ2n) is 4.84. The van der Waals surface area contributed by atoms with E-state index in [9.17, 15) is 9.18 Å². The van der Waals surface area contributed by atoms with Crippen molar-refractivity contribution >= 4 is 5.97 Å². The third-order valence-corrected chi connectivity index (χ3v) is 2.99. The van der Waals surface area contributed by atoms with E-state index in [0.717, 1.165) is 0 Å². The van der Waals surface area contributed by atoms with Crippen LogP contribution in [0, 0.1) is 5.82 Å². The maximum atomic E-state index is 13.8. The Hall–Kier alpha value is -2.17. The van der Waals surface area contributed by atoms with E-state index in [0.29, 0.717) is 11.3 Å². The maximum Gasteiger partial charge on any atom is 0.356 e. The molecule has 1 aromatic heterocycles. The molecule has 0 radical (unpaired) electrons. The first-order valence-corrected chi connectivity index (χ1v) is 6.48. The molecule has 0 saturated heterocycles. The van der Waals surface area contributed by atoms with E-state index in [-0.39, 0.29) is 18.0 Å². The lowest BCUT2D eigenvalue weighted by molar-refractivity contribution is 0.0364. The standard InChI is InChI=1S/C15H17FN2O2/c1-10(2)20-15(19)14-8-17-9-18(14)11(3)12-6-4-5-7-13(12)16/h4-11H,1-3H3/t11-/m1/s1. The fourth-order valence-corrected chi connectivity index (χ4v) is 2.01. The predicted octanol–water partition coefficient (Wildman–Crippen LogP) is 3.20. The molecule has 0 bridgehead atoms. The summed E-state index contributed by atoms with van der Waals surface area (Å²) < 4.78 is 20.6. The topological polar surface area (TPSA) is 44.1 Å². The molecule has 0 spiro atoms. The van der Waals surface area contributed by atoms with Gasteiger partial charge in [-0.05, 0) is 26.8 Å². The van der Waals surface area contributed by atoms with Gasteiger partial charge in [-0.25, -0.2) is 14.2 Å². The van der Waals surface area contributed by atoms with Crippen LogP contribution in [0.4, 0.5) is 4.39 Å². The number of carbonyl (C=O) groups is 1. The number of aromatic nitrogens is 2. The Morgan fingerprint density at radius 1 is 1.30 bits per heavy atom. The highest BCUT2D eigenvalue weighted by atomic mass is 19.1. The number of benzene rings is 1. The monoisotopic (exact) mass is 276 g/mol. The van der Waals surface area contributed by atoms with Crippen molar-refractivity contribution in [2.45, 2.75) is 32.9 Å². The molecule has 2 aromatic rings. The molecule has 0 unspecified atom stereocenters. The molecule has 1 heterocycles. The van der Waals surface area contributed by atoms with Gasteiger partial charge >= 0.3 is 5.97 Å². The quantitative estimate of drug-likeness (QED) is 0.805. The van der Waals surface area contributed by atoms with Crippen LogP contribution in [0.2, 0.25) is 0 Å². The number of imidazole rings is 1. The molecule has 0 N–H and O–H groups in total. The molecule has 4 nitrogen and oxygen atoms in total.